The van der Waals surface area contributed by atoms with E-state index in [9.17, 15) is 9.59 Å². The molecule has 0 bridgehead atoms. The molecule has 1 aromatic rings. The van der Waals surface area contributed by atoms with Crippen molar-refractivity contribution in [1.29, 1.82) is 0 Å². The summed E-state index contributed by atoms with van der Waals surface area (Å²) in [4.78, 5) is 25.9. The summed E-state index contributed by atoms with van der Waals surface area (Å²) in [5, 5.41) is 2.93. The number of hydrogen-bond donors (Lipinski definition) is 1. The van der Waals surface area contributed by atoms with Gasteiger partial charge in [0.05, 0.1) is 5.92 Å². The van der Waals surface area contributed by atoms with Crippen molar-refractivity contribution in [3.05, 3.63) is 28.7 Å². The van der Waals surface area contributed by atoms with E-state index in [0.717, 1.165) is 16.6 Å². The fraction of sp³-hybridized carbons (Fsp3) is 0.500. The third-order valence-corrected chi connectivity index (χ3v) is 4.18. The molecule has 1 aliphatic heterocycles. The Bertz CT molecular complexity index is 514. The van der Waals surface area contributed by atoms with Crippen LogP contribution in [0.25, 0.3) is 0 Å². The van der Waals surface area contributed by atoms with Crippen molar-refractivity contribution in [2.24, 2.45) is 11.8 Å². The molecular weight excluding hydrogens is 332 g/mol. The molecule has 21 heavy (non-hydrogen) atoms. The van der Waals surface area contributed by atoms with E-state index in [2.05, 4.69) is 35.1 Å². The number of anilines is 1. The number of nitrogens with zero attached hydrogens (tertiary/aromatic N) is 1. The maximum Gasteiger partial charge on any atom is 0.227 e. The molecule has 0 aliphatic carbocycles. The third kappa shape index (κ3) is 4.30. The van der Waals surface area contributed by atoms with Crippen LogP contribution in [-0.2, 0) is 9.59 Å². The molecule has 5 heteroatoms. The van der Waals surface area contributed by atoms with Crippen LogP contribution in [0.2, 0.25) is 0 Å². The lowest BCUT2D eigenvalue weighted by Crippen LogP contribution is -2.33. The molecule has 0 aromatic heterocycles. The molecule has 2 amide bonds. The van der Waals surface area contributed by atoms with E-state index in [1.807, 2.05) is 24.3 Å². The largest absolute Gasteiger partial charge is 0.356 e. The van der Waals surface area contributed by atoms with Gasteiger partial charge in [-0.2, -0.15) is 0 Å². The van der Waals surface area contributed by atoms with E-state index >= 15 is 0 Å². The van der Waals surface area contributed by atoms with Crippen molar-refractivity contribution in [3.8, 4) is 0 Å². The van der Waals surface area contributed by atoms with Crippen molar-refractivity contribution in [2.45, 2.75) is 26.7 Å². The predicted molar refractivity (Wildman–Crippen MR) is 87.1 cm³/mol. The van der Waals surface area contributed by atoms with Gasteiger partial charge in [-0.3, -0.25) is 9.59 Å². The fourth-order valence-electron chi connectivity index (χ4n) is 2.38. The first-order valence-electron chi connectivity index (χ1n) is 7.31. The molecule has 1 atom stereocenters. The number of benzene rings is 1. The Morgan fingerprint density at radius 3 is 2.67 bits per heavy atom. The van der Waals surface area contributed by atoms with Gasteiger partial charge >= 0.3 is 0 Å². The molecule has 1 N–H and O–H groups in total. The van der Waals surface area contributed by atoms with Gasteiger partial charge in [-0.15, -0.1) is 0 Å². The van der Waals surface area contributed by atoms with Crippen molar-refractivity contribution in [2.75, 3.05) is 18.0 Å². The van der Waals surface area contributed by atoms with E-state index in [-0.39, 0.29) is 17.7 Å². The van der Waals surface area contributed by atoms with E-state index < -0.39 is 0 Å². The van der Waals surface area contributed by atoms with E-state index in [0.29, 0.717) is 25.4 Å². The van der Waals surface area contributed by atoms with Gasteiger partial charge in [0.1, 0.15) is 0 Å². The maximum absolute atomic E-state index is 12.1. The highest BCUT2D eigenvalue weighted by molar-refractivity contribution is 9.10. The standard InChI is InChI=1S/C16H21BrN2O2/c1-11(2)7-8-18-16(21)12-9-15(20)19(10-12)14-5-3-13(17)4-6-14/h3-6,11-12H,7-10H2,1-2H3,(H,18,21)/t12-/m1/s1. The maximum atomic E-state index is 12.1. The molecule has 1 fully saturated rings. The minimum atomic E-state index is -0.242. The summed E-state index contributed by atoms with van der Waals surface area (Å²) in [5.41, 5.74) is 0.848. The lowest BCUT2D eigenvalue weighted by molar-refractivity contribution is -0.126. The second kappa shape index (κ2) is 7.07. The quantitative estimate of drug-likeness (QED) is 0.885. The molecule has 0 saturated carbocycles. The molecule has 1 saturated heterocycles. The third-order valence-electron chi connectivity index (χ3n) is 3.66. The van der Waals surface area contributed by atoms with Crippen LogP contribution in [-0.4, -0.2) is 24.9 Å². The van der Waals surface area contributed by atoms with Gasteiger partial charge in [-0.05, 0) is 36.6 Å². The lowest BCUT2D eigenvalue weighted by atomic mass is 10.1. The number of rotatable bonds is 5. The molecule has 0 radical (unpaired) electrons. The Hall–Kier alpha value is -1.36. The lowest BCUT2D eigenvalue weighted by Gasteiger charge is -2.17. The van der Waals surface area contributed by atoms with Crippen LogP contribution < -0.4 is 10.2 Å². The fourth-order valence-corrected chi connectivity index (χ4v) is 2.65. The summed E-state index contributed by atoms with van der Waals surface area (Å²) in [6.07, 6.45) is 1.26. The molecule has 1 aromatic carbocycles. The first-order chi connectivity index (χ1) is 9.97. The van der Waals surface area contributed by atoms with Gasteiger partial charge in [0, 0.05) is 29.7 Å². The summed E-state index contributed by atoms with van der Waals surface area (Å²) in [6.45, 7) is 5.40. The van der Waals surface area contributed by atoms with Gasteiger partial charge in [-0.1, -0.05) is 29.8 Å². The number of nitrogens with one attached hydrogen (secondary N) is 1. The van der Waals surface area contributed by atoms with Gasteiger partial charge in [0.25, 0.3) is 0 Å². The number of carbonyl (C=O) groups excluding carboxylic acids is 2. The van der Waals surface area contributed by atoms with Gasteiger partial charge in [0.2, 0.25) is 11.8 Å². The topological polar surface area (TPSA) is 49.4 Å². The number of halogens is 1. The van der Waals surface area contributed by atoms with Crippen molar-refractivity contribution >= 4 is 33.4 Å². The molecular formula is C16H21BrN2O2. The van der Waals surface area contributed by atoms with E-state index in [4.69, 9.17) is 0 Å². The highest BCUT2D eigenvalue weighted by atomic mass is 79.9. The monoisotopic (exact) mass is 352 g/mol. The highest BCUT2D eigenvalue weighted by Gasteiger charge is 2.34. The zero-order chi connectivity index (χ0) is 15.4. The number of amides is 2. The second-order valence-corrected chi connectivity index (χ2v) is 6.77. The van der Waals surface area contributed by atoms with Crippen LogP contribution in [0.3, 0.4) is 0 Å². The second-order valence-electron chi connectivity index (χ2n) is 5.86. The average Bonchev–Trinajstić information content (AvgIpc) is 2.81. The Morgan fingerprint density at radius 2 is 2.05 bits per heavy atom. The first-order valence-corrected chi connectivity index (χ1v) is 8.10. The van der Waals surface area contributed by atoms with Crippen LogP contribution in [0, 0.1) is 11.8 Å². The molecule has 0 spiro atoms. The number of carbonyl (C=O) groups is 2. The Kier molecular flexibility index (Phi) is 5.39. The van der Waals surface area contributed by atoms with E-state index in [1.165, 1.54) is 0 Å². The predicted octanol–water partition coefficient (Wildman–Crippen LogP) is 2.96. The molecule has 1 heterocycles. The summed E-state index contributed by atoms with van der Waals surface area (Å²) in [7, 11) is 0. The summed E-state index contributed by atoms with van der Waals surface area (Å²) < 4.78 is 0.973. The Labute approximate surface area is 134 Å². The van der Waals surface area contributed by atoms with Crippen LogP contribution in [0.5, 0.6) is 0 Å². The van der Waals surface area contributed by atoms with Crippen LogP contribution >= 0.6 is 15.9 Å². The molecule has 4 nitrogen and oxygen atoms in total. The highest BCUT2D eigenvalue weighted by Crippen LogP contribution is 2.26. The summed E-state index contributed by atoms with van der Waals surface area (Å²) in [5.74, 6) is 0.327. The first kappa shape index (κ1) is 16.0. The summed E-state index contributed by atoms with van der Waals surface area (Å²) in [6, 6.07) is 7.58. The van der Waals surface area contributed by atoms with Crippen LogP contribution in [0.15, 0.2) is 28.7 Å². The molecule has 1 aliphatic rings. The number of hydrogen-bond acceptors (Lipinski definition) is 2. The zero-order valence-electron chi connectivity index (χ0n) is 12.4. The van der Waals surface area contributed by atoms with Crippen molar-refractivity contribution in [3.63, 3.8) is 0 Å². The van der Waals surface area contributed by atoms with Crippen LogP contribution in [0.1, 0.15) is 26.7 Å². The average molecular weight is 353 g/mol. The van der Waals surface area contributed by atoms with Gasteiger partial charge in [0.15, 0.2) is 0 Å². The molecule has 114 valence electrons. The molecule has 0 unspecified atom stereocenters. The smallest absolute Gasteiger partial charge is 0.227 e. The van der Waals surface area contributed by atoms with E-state index in [1.54, 1.807) is 4.90 Å². The van der Waals surface area contributed by atoms with Crippen molar-refractivity contribution < 1.29 is 9.59 Å². The minimum absolute atomic E-state index is 0.0105. The minimum Gasteiger partial charge on any atom is -0.356 e. The zero-order valence-corrected chi connectivity index (χ0v) is 14.0. The van der Waals surface area contributed by atoms with Crippen molar-refractivity contribution in [1.82, 2.24) is 5.32 Å². The van der Waals surface area contributed by atoms with Crippen LogP contribution in [0.4, 0.5) is 5.69 Å². The van der Waals surface area contributed by atoms with Gasteiger partial charge in [-0.25, -0.2) is 0 Å². The Balaban J connectivity index is 1.93. The summed E-state index contributed by atoms with van der Waals surface area (Å²) >= 11 is 3.38. The van der Waals surface area contributed by atoms with Gasteiger partial charge < -0.3 is 10.2 Å². The SMILES string of the molecule is CC(C)CCNC(=O)[C@@H]1CC(=O)N(c2ccc(Br)cc2)C1. The normalized spacial score (nSPS) is 18.4. The Morgan fingerprint density at radius 1 is 1.38 bits per heavy atom. The molecule has 2 rings (SSSR count).